The van der Waals surface area contributed by atoms with Gasteiger partial charge in [0, 0.05) is 12.7 Å². The summed E-state index contributed by atoms with van der Waals surface area (Å²) in [7, 11) is 3.36. The van der Waals surface area contributed by atoms with Gasteiger partial charge in [0.05, 0.1) is 36.3 Å². The van der Waals surface area contributed by atoms with Gasteiger partial charge >= 0.3 is 5.97 Å². The van der Waals surface area contributed by atoms with Crippen molar-refractivity contribution in [2.24, 2.45) is 0 Å². The largest absolute Gasteiger partial charge is 0.490 e. The van der Waals surface area contributed by atoms with Gasteiger partial charge in [-0.25, -0.2) is 0 Å². The van der Waals surface area contributed by atoms with Crippen molar-refractivity contribution >= 4 is 34.9 Å². The number of fused-ring (bicyclic) bond motifs is 1. The van der Waals surface area contributed by atoms with E-state index >= 15 is 0 Å². The lowest BCUT2D eigenvalue weighted by molar-refractivity contribution is -0.139. The molecule has 3 aromatic rings. The number of carbonyl (C=O) groups is 2. The van der Waals surface area contributed by atoms with Crippen LogP contribution in [0.2, 0.25) is 5.02 Å². The summed E-state index contributed by atoms with van der Waals surface area (Å²) in [5.41, 5.74) is 3.60. The summed E-state index contributed by atoms with van der Waals surface area (Å²) in [5.74, 6) is 0.671. The fourth-order valence-electron chi connectivity index (χ4n) is 4.01. The summed E-state index contributed by atoms with van der Waals surface area (Å²) in [6.45, 7) is 2.93. The lowest BCUT2D eigenvalue weighted by Gasteiger charge is -2.33. The molecule has 8 heteroatoms. The van der Waals surface area contributed by atoms with E-state index in [1.165, 1.54) is 7.11 Å². The minimum atomic E-state index is -0.356. The smallest absolute Gasteiger partial charge is 0.309 e. The fraction of sp³-hybridized carbons (Fsp3) is 0.259. The molecular weight excluding hydrogens is 468 g/mol. The molecule has 3 aromatic carbocycles. The number of hydrogen-bond donors (Lipinski definition) is 1. The number of amides is 1. The third kappa shape index (κ3) is 6.05. The number of benzene rings is 3. The maximum absolute atomic E-state index is 12.9. The Morgan fingerprint density at radius 3 is 2.71 bits per heavy atom. The van der Waals surface area contributed by atoms with E-state index in [9.17, 15) is 9.59 Å². The number of esters is 1. The lowest BCUT2D eigenvalue weighted by Crippen LogP contribution is -2.41. The third-order valence-electron chi connectivity index (χ3n) is 5.64. The molecule has 0 saturated heterocycles. The van der Waals surface area contributed by atoms with Crippen molar-refractivity contribution in [3.05, 3.63) is 82.4 Å². The van der Waals surface area contributed by atoms with Crippen LogP contribution < -0.4 is 19.7 Å². The summed E-state index contributed by atoms with van der Waals surface area (Å²) in [6, 6.07) is 18.3. The van der Waals surface area contributed by atoms with Gasteiger partial charge in [0.15, 0.2) is 0 Å². The van der Waals surface area contributed by atoms with Crippen LogP contribution in [0.4, 0.5) is 11.4 Å². The number of nitrogens with zero attached hydrogens (tertiary/aromatic N) is 1. The topological polar surface area (TPSA) is 77.1 Å². The average molecular weight is 495 g/mol. The Morgan fingerprint density at radius 2 is 1.94 bits per heavy atom. The average Bonchev–Trinajstić information content (AvgIpc) is 2.82. The van der Waals surface area contributed by atoms with E-state index in [1.807, 2.05) is 50.4 Å². The molecule has 1 amide bonds. The highest BCUT2D eigenvalue weighted by Gasteiger charge is 2.24. The van der Waals surface area contributed by atoms with E-state index < -0.39 is 0 Å². The molecular formula is C27H27ClN2O5. The molecule has 35 heavy (non-hydrogen) atoms. The van der Waals surface area contributed by atoms with Gasteiger partial charge in [0.25, 0.3) is 5.91 Å². The predicted molar refractivity (Wildman–Crippen MR) is 136 cm³/mol. The minimum absolute atomic E-state index is 0.125. The molecule has 1 atom stereocenters. The molecule has 0 fully saturated rings. The van der Waals surface area contributed by atoms with Gasteiger partial charge in [-0.3, -0.25) is 9.59 Å². The molecule has 1 aliphatic rings. The molecule has 0 aromatic heterocycles. The van der Waals surface area contributed by atoms with Crippen LogP contribution in [0.25, 0.3) is 0 Å². The predicted octanol–water partition coefficient (Wildman–Crippen LogP) is 4.89. The number of carbonyl (C=O) groups excluding carboxylic acids is 2. The number of hydrogen-bond acceptors (Lipinski definition) is 6. The first-order valence-electron chi connectivity index (χ1n) is 11.2. The van der Waals surface area contributed by atoms with Crippen LogP contribution in [0.1, 0.15) is 21.5 Å². The molecule has 0 aliphatic carbocycles. The highest BCUT2D eigenvalue weighted by atomic mass is 35.5. The Kier molecular flexibility index (Phi) is 7.46. The second-order valence-corrected chi connectivity index (χ2v) is 8.86. The Labute approximate surface area is 209 Å². The highest BCUT2D eigenvalue weighted by Crippen LogP contribution is 2.32. The maximum Gasteiger partial charge on any atom is 0.309 e. The number of halogens is 1. The summed E-state index contributed by atoms with van der Waals surface area (Å²) >= 11 is 6.41. The molecule has 0 spiro atoms. The van der Waals surface area contributed by atoms with Crippen LogP contribution in [0.15, 0.2) is 60.7 Å². The van der Waals surface area contributed by atoms with Gasteiger partial charge in [-0.05, 0) is 60.5 Å². The van der Waals surface area contributed by atoms with E-state index in [2.05, 4.69) is 10.2 Å². The monoisotopic (exact) mass is 494 g/mol. The lowest BCUT2D eigenvalue weighted by atomic mass is 10.1. The SMILES string of the molecule is COC(=O)Cc1cc(C)cc(NC(=O)c2ccc(OC[C@@H]3CN(C)c4ccccc4O3)cc2Cl)c1. The zero-order valence-electron chi connectivity index (χ0n) is 19.8. The summed E-state index contributed by atoms with van der Waals surface area (Å²) in [5, 5.41) is 3.12. The molecule has 1 aliphatic heterocycles. The third-order valence-corrected chi connectivity index (χ3v) is 5.95. The zero-order valence-corrected chi connectivity index (χ0v) is 20.6. The van der Waals surface area contributed by atoms with Crippen molar-refractivity contribution in [1.29, 1.82) is 0 Å². The van der Waals surface area contributed by atoms with Crippen LogP contribution in [0, 0.1) is 6.92 Å². The standard InChI is InChI=1S/C27H27ClN2O5/c1-17-10-18(13-26(31)33-3)12-19(11-17)29-27(32)22-9-8-20(14-23(22)28)34-16-21-15-30(2)24-6-4-5-7-25(24)35-21/h4-12,14,21H,13,15-16H2,1-3H3,(H,29,32)/t21-/m0/s1. The molecule has 1 N–H and O–H groups in total. The van der Waals surface area contributed by atoms with Crippen LogP contribution >= 0.6 is 11.6 Å². The van der Waals surface area contributed by atoms with Crippen LogP contribution in [0.3, 0.4) is 0 Å². The first-order valence-corrected chi connectivity index (χ1v) is 11.6. The van der Waals surface area contributed by atoms with Crippen molar-refractivity contribution in [2.45, 2.75) is 19.4 Å². The van der Waals surface area contributed by atoms with Crippen LogP contribution in [0.5, 0.6) is 11.5 Å². The van der Waals surface area contributed by atoms with Gasteiger partial charge in [0.1, 0.15) is 24.2 Å². The Balaban J connectivity index is 1.39. The van der Waals surface area contributed by atoms with E-state index in [-0.39, 0.29) is 29.4 Å². The summed E-state index contributed by atoms with van der Waals surface area (Å²) < 4.78 is 16.7. The first-order chi connectivity index (χ1) is 16.8. The molecule has 182 valence electrons. The number of ether oxygens (including phenoxy) is 3. The van der Waals surface area contributed by atoms with Crippen molar-refractivity contribution in [2.75, 3.05) is 37.5 Å². The minimum Gasteiger partial charge on any atom is -0.490 e. The van der Waals surface area contributed by atoms with Gasteiger partial charge in [-0.15, -0.1) is 0 Å². The Hall–Kier alpha value is -3.71. The fourth-order valence-corrected chi connectivity index (χ4v) is 4.27. The van der Waals surface area contributed by atoms with Gasteiger partial charge in [0.2, 0.25) is 0 Å². The Bertz CT molecular complexity index is 1250. The van der Waals surface area contributed by atoms with E-state index in [4.69, 9.17) is 25.8 Å². The molecule has 0 unspecified atom stereocenters. The number of methoxy groups -OCH3 is 1. The number of nitrogens with one attached hydrogen (secondary N) is 1. The van der Waals surface area contributed by atoms with Crippen molar-refractivity contribution < 1.29 is 23.8 Å². The molecule has 7 nitrogen and oxygen atoms in total. The molecule has 1 heterocycles. The second-order valence-electron chi connectivity index (χ2n) is 8.46. The quantitative estimate of drug-likeness (QED) is 0.471. The Morgan fingerprint density at radius 1 is 1.14 bits per heavy atom. The molecule has 4 rings (SSSR count). The highest BCUT2D eigenvalue weighted by molar-refractivity contribution is 6.34. The van der Waals surface area contributed by atoms with Crippen molar-refractivity contribution in [3.8, 4) is 11.5 Å². The normalized spacial score (nSPS) is 14.5. The molecule has 0 radical (unpaired) electrons. The maximum atomic E-state index is 12.9. The van der Waals surface area contributed by atoms with E-state index in [0.29, 0.717) is 30.2 Å². The number of para-hydroxylation sites is 2. The van der Waals surface area contributed by atoms with Gasteiger partial charge in [-0.2, -0.15) is 0 Å². The number of anilines is 2. The molecule has 0 bridgehead atoms. The van der Waals surface area contributed by atoms with Crippen molar-refractivity contribution in [3.63, 3.8) is 0 Å². The summed E-state index contributed by atoms with van der Waals surface area (Å²) in [4.78, 5) is 26.6. The number of aryl methyl sites for hydroxylation is 1. The van der Waals surface area contributed by atoms with E-state index in [0.717, 1.165) is 22.6 Å². The van der Waals surface area contributed by atoms with Crippen LogP contribution in [-0.2, 0) is 16.0 Å². The van der Waals surface area contributed by atoms with Gasteiger partial charge < -0.3 is 24.4 Å². The summed E-state index contributed by atoms with van der Waals surface area (Å²) in [6.07, 6.45) is -0.0166. The number of rotatable bonds is 7. The van der Waals surface area contributed by atoms with Gasteiger partial charge in [-0.1, -0.05) is 29.8 Å². The number of likely N-dealkylation sites (N-methyl/N-ethyl adjacent to an activating group) is 1. The second kappa shape index (κ2) is 10.7. The van der Waals surface area contributed by atoms with Crippen molar-refractivity contribution in [1.82, 2.24) is 0 Å². The molecule has 0 saturated carbocycles. The van der Waals surface area contributed by atoms with E-state index in [1.54, 1.807) is 24.3 Å². The van der Waals surface area contributed by atoms with Crippen LogP contribution in [-0.4, -0.2) is 45.3 Å². The first kappa shape index (κ1) is 24.4. The zero-order chi connectivity index (χ0) is 24.9.